The Hall–Kier alpha value is -2.87. The summed E-state index contributed by atoms with van der Waals surface area (Å²) in [5, 5.41) is 12.2. The summed E-state index contributed by atoms with van der Waals surface area (Å²) in [6.45, 7) is 5.25. The highest BCUT2D eigenvalue weighted by molar-refractivity contribution is 7.74. The van der Waals surface area contributed by atoms with Crippen LogP contribution in [0.1, 0.15) is 55.1 Å². The van der Waals surface area contributed by atoms with Gasteiger partial charge in [-0.1, -0.05) is 72.3 Å². The van der Waals surface area contributed by atoms with E-state index in [-0.39, 0.29) is 0 Å². The first-order valence-corrected chi connectivity index (χ1v) is 13.4. The molecule has 0 aliphatic carbocycles. The molecule has 0 spiro atoms. The maximum Gasteiger partial charge on any atom is 0.107 e. The number of pyridine rings is 1. The van der Waals surface area contributed by atoms with Crippen LogP contribution >= 0.6 is 11.6 Å². The molecule has 2 unspecified atom stereocenters. The zero-order valence-electron chi connectivity index (χ0n) is 21.0. The average molecular weight is 535 g/mol. The predicted molar refractivity (Wildman–Crippen MR) is 149 cm³/mol. The number of halogens is 1. The van der Waals surface area contributed by atoms with E-state index in [2.05, 4.69) is 4.98 Å². The van der Waals surface area contributed by atoms with Gasteiger partial charge in [-0.2, -0.15) is 0 Å². The van der Waals surface area contributed by atoms with Gasteiger partial charge < -0.3 is 9.66 Å². The van der Waals surface area contributed by atoms with Gasteiger partial charge >= 0.3 is 0 Å². The van der Waals surface area contributed by atoms with Crippen molar-refractivity contribution < 1.29 is 18.1 Å². The van der Waals surface area contributed by atoms with Crippen LogP contribution in [0.5, 0.6) is 0 Å². The number of rotatable bonds is 9. The lowest BCUT2D eigenvalue weighted by Gasteiger charge is -2.32. The number of fused-ring (bicyclic) bond motifs is 1. The maximum absolute atomic E-state index is 11.7. The molecule has 2 atom stereocenters. The van der Waals surface area contributed by atoms with E-state index < -0.39 is 22.6 Å². The van der Waals surface area contributed by atoms with E-state index in [0.717, 1.165) is 38.9 Å². The van der Waals surface area contributed by atoms with E-state index >= 15 is 0 Å². The second-order valence-corrected chi connectivity index (χ2v) is 10.8. The number of aryl methyl sites for hydroxylation is 1. The fourth-order valence-electron chi connectivity index (χ4n) is 4.44. The Morgan fingerprint density at radius 3 is 2.51 bits per heavy atom. The molecule has 3 aromatic carbocycles. The van der Waals surface area contributed by atoms with E-state index in [1.807, 2.05) is 91.0 Å². The summed E-state index contributed by atoms with van der Waals surface area (Å²) in [6, 6.07) is 24.8. The first kappa shape index (κ1) is 27.2. The number of benzene rings is 3. The minimum atomic E-state index is -2.71. The molecule has 1 N–H and O–H groups in total. The van der Waals surface area contributed by atoms with Gasteiger partial charge in [0.25, 0.3) is 0 Å². The normalized spacial score (nSPS) is 14.6. The molecule has 0 fully saturated rings. The van der Waals surface area contributed by atoms with Crippen molar-refractivity contribution in [1.82, 2.24) is 4.98 Å². The van der Waals surface area contributed by atoms with E-state index in [1.54, 1.807) is 20.8 Å². The third-order valence-corrected chi connectivity index (χ3v) is 7.16. The fourth-order valence-corrected chi connectivity index (χ4v) is 5.09. The molecule has 0 aliphatic rings. The smallest absolute Gasteiger partial charge is 0.107 e. The van der Waals surface area contributed by atoms with Crippen molar-refractivity contribution in [3.05, 3.63) is 112 Å². The van der Waals surface area contributed by atoms with Crippen molar-refractivity contribution in [2.24, 2.45) is 0 Å². The zero-order chi connectivity index (χ0) is 26.6. The Labute approximate surface area is 225 Å². The Morgan fingerprint density at radius 2 is 1.76 bits per heavy atom. The van der Waals surface area contributed by atoms with Gasteiger partial charge in [0.1, 0.15) is 5.60 Å². The van der Waals surface area contributed by atoms with Crippen LogP contribution in [0.15, 0.2) is 78.9 Å². The fraction of sp³-hybridized carbons (Fsp3) is 0.233. The molecular weight excluding hydrogens is 506 g/mol. The van der Waals surface area contributed by atoms with Gasteiger partial charge in [-0.05, 0) is 86.2 Å². The topological polar surface area (TPSA) is 82.5 Å². The van der Waals surface area contributed by atoms with Gasteiger partial charge in [-0.15, -0.1) is 0 Å². The molecule has 37 heavy (non-hydrogen) atoms. The molecule has 7 heteroatoms. The molecule has 0 aliphatic heterocycles. The van der Waals surface area contributed by atoms with Crippen LogP contribution in [0.4, 0.5) is 0 Å². The summed E-state index contributed by atoms with van der Waals surface area (Å²) in [7, 11) is 0. The lowest BCUT2D eigenvalue weighted by atomic mass is 9.85. The third-order valence-electron chi connectivity index (χ3n) is 6.42. The molecule has 4 rings (SSSR count). The summed E-state index contributed by atoms with van der Waals surface area (Å²) in [4.78, 5) is 4.65. The van der Waals surface area contributed by atoms with Crippen LogP contribution in [0.3, 0.4) is 0 Å². The summed E-state index contributed by atoms with van der Waals surface area (Å²) >= 11 is 3.40. The zero-order valence-corrected chi connectivity index (χ0v) is 22.6. The van der Waals surface area contributed by atoms with Crippen LogP contribution in [-0.4, -0.2) is 18.9 Å². The van der Waals surface area contributed by atoms with Gasteiger partial charge in [-0.3, -0.25) is 4.18 Å². The summed E-state index contributed by atoms with van der Waals surface area (Å²) < 4.78 is 28.8. The Morgan fingerprint density at radius 1 is 1.00 bits per heavy atom. The molecule has 192 valence electrons. The molecule has 0 saturated carbocycles. The number of aromatic nitrogens is 1. The first-order chi connectivity index (χ1) is 17.5. The molecule has 1 heterocycles. The summed E-state index contributed by atoms with van der Waals surface area (Å²) in [5.74, 6) is 0. The number of aliphatic hydroxyl groups is 1. The lowest BCUT2D eigenvalue weighted by molar-refractivity contribution is 0.0724. The quantitative estimate of drug-likeness (QED) is 0.235. The van der Waals surface area contributed by atoms with Gasteiger partial charge in [0.2, 0.25) is 0 Å². The van der Waals surface area contributed by atoms with Crippen molar-refractivity contribution in [1.29, 1.82) is 0 Å². The minimum absolute atomic E-state index is 0.397. The highest BCUT2D eigenvalue weighted by Crippen LogP contribution is 2.34. The van der Waals surface area contributed by atoms with Crippen LogP contribution in [0.25, 0.3) is 23.1 Å². The second kappa shape index (κ2) is 11.3. The molecular formula is C30H29ClNO4S-. The number of hydrogen-bond donors (Lipinski definition) is 1. The van der Waals surface area contributed by atoms with Crippen molar-refractivity contribution in [3.63, 3.8) is 0 Å². The molecule has 1 aromatic heterocycles. The minimum Gasteiger partial charge on any atom is -0.750 e. The average Bonchev–Trinajstić information content (AvgIpc) is 2.85. The maximum atomic E-state index is 11.7. The van der Waals surface area contributed by atoms with Crippen molar-refractivity contribution in [2.45, 2.75) is 44.8 Å². The number of hydrogen-bond acceptors (Lipinski definition) is 5. The van der Waals surface area contributed by atoms with E-state index in [1.165, 1.54) is 0 Å². The lowest BCUT2D eigenvalue weighted by Crippen LogP contribution is -2.28. The predicted octanol–water partition coefficient (Wildman–Crippen LogP) is 6.94. The van der Waals surface area contributed by atoms with E-state index in [0.29, 0.717) is 17.9 Å². The van der Waals surface area contributed by atoms with Crippen LogP contribution in [0, 0.1) is 0 Å². The van der Waals surface area contributed by atoms with E-state index in [9.17, 15) is 13.9 Å². The molecule has 0 amide bonds. The Kier molecular flexibility index (Phi) is 8.26. The summed E-state index contributed by atoms with van der Waals surface area (Å²) in [5.41, 5.74) is 2.85. The Bertz CT molecular complexity index is 1460. The van der Waals surface area contributed by atoms with E-state index in [4.69, 9.17) is 15.8 Å². The van der Waals surface area contributed by atoms with Gasteiger partial charge in [-0.25, -0.2) is 9.19 Å². The van der Waals surface area contributed by atoms with Crippen molar-refractivity contribution >= 4 is 46.0 Å². The van der Waals surface area contributed by atoms with Crippen molar-refractivity contribution in [3.8, 4) is 0 Å². The number of nitrogens with zero attached hydrogens (tertiary/aromatic N) is 1. The molecule has 0 bridgehead atoms. The standard InChI is InChI=1S/C30H30ClNO4S/c1-29(2,33)27-10-5-4-8-22(27)17-18-30(3,36-37(34)35)24-9-6-7-21(19-24)11-15-26-16-13-23-12-14-25(31)20-28(23)32-26/h4-16,19-20,33H,17-18H2,1-3H3,(H,34,35)/p-1. The molecule has 4 aromatic rings. The Balaban J connectivity index is 1.60. The third kappa shape index (κ3) is 6.92. The van der Waals surface area contributed by atoms with Crippen LogP contribution in [-0.2, 0) is 33.2 Å². The molecule has 0 saturated heterocycles. The second-order valence-electron chi connectivity index (χ2n) is 9.77. The molecule has 5 nitrogen and oxygen atoms in total. The van der Waals surface area contributed by atoms with Crippen molar-refractivity contribution in [2.75, 3.05) is 0 Å². The highest BCUT2D eigenvalue weighted by atomic mass is 35.5. The van der Waals surface area contributed by atoms with Gasteiger partial charge in [0.05, 0.1) is 28.2 Å². The summed E-state index contributed by atoms with van der Waals surface area (Å²) in [6.07, 6.45) is 4.76. The largest absolute Gasteiger partial charge is 0.750 e. The van der Waals surface area contributed by atoms with Crippen LogP contribution in [0.2, 0.25) is 5.02 Å². The monoisotopic (exact) mass is 534 g/mol. The first-order valence-electron chi connectivity index (χ1n) is 12.0. The highest BCUT2D eigenvalue weighted by Gasteiger charge is 2.30. The molecule has 0 radical (unpaired) electrons. The van der Waals surface area contributed by atoms with Gasteiger partial charge in [0.15, 0.2) is 0 Å². The van der Waals surface area contributed by atoms with Gasteiger partial charge in [0, 0.05) is 10.4 Å². The van der Waals surface area contributed by atoms with Crippen LogP contribution < -0.4 is 0 Å². The SMILES string of the molecule is CC(C)(O)c1ccccc1CCC(C)(OS(=O)[O-])c1cccc(C=Cc2ccc3ccc(Cl)cc3n2)c1.